The summed E-state index contributed by atoms with van der Waals surface area (Å²) < 4.78 is 0. The van der Waals surface area contributed by atoms with Crippen molar-refractivity contribution in [3.63, 3.8) is 0 Å². The van der Waals surface area contributed by atoms with Crippen LogP contribution in [-0.2, 0) is 0 Å². The number of hydrogen-bond acceptors (Lipinski definition) is 2. The fraction of sp³-hybridized carbons (Fsp3) is 0.600. The predicted molar refractivity (Wildman–Crippen MR) is 75.8 cm³/mol. The minimum Gasteiger partial charge on any atom is -0.387 e. The van der Waals surface area contributed by atoms with Gasteiger partial charge in [-0.3, -0.25) is 0 Å². The number of aliphatic hydroxyl groups is 1. The maximum Gasteiger partial charge on any atom is 0.0914 e. The van der Waals surface area contributed by atoms with Crippen LogP contribution in [0.25, 0.3) is 0 Å². The Morgan fingerprint density at radius 2 is 2.06 bits per heavy atom. The zero-order valence-corrected chi connectivity index (χ0v) is 11.9. The molecule has 1 fully saturated rings. The van der Waals surface area contributed by atoms with Crippen molar-refractivity contribution in [1.82, 2.24) is 5.32 Å². The maximum atomic E-state index is 10.1. The Morgan fingerprint density at radius 3 is 2.61 bits per heavy atom. The first-order valence-corrected chi connectivity index (χ1v) is 7.04. The lowest BCUT2D eigenvalue weighted by Crippen LogP contribution is -2.39. The van der Waals surface area contributed by atoms with Crippen LogP contribution in [0.15, 0.2) is 24.3 Å². The Kier molecular flexibility index (Phi) is 4.31. The van der Waals surface area contributed by atoms with Gasteiger partial charge in [-0.2, -0.15) is 0 Å². The summed E-state index contributed by atoms with van der Waals surface area (Å²) in [5.41, 5.74) is 1.27. The third-order valence-corrected chi connectivity index (χ3v) is 4.32. The standard InChI is InChI=1S/C15H22ClNO/c1-15(2)9-3-4-14(15)17-10-13(18)11-5-7-12(16)8-6-11/h5-8,13-14,17-18H,3-4,9-10H2,1-2H3. The van der Waals surface area contributed by atoms with Crippen LogP contribution in [0.5, 0.6) is 0 Å². The summed E-state index contributed by atoms with van der Waals surface area (Å²) in [5, 5.41) is 14.3. The molecule has 1 aromatic carbocycles. The van der Waals surface area contributed by atoms with Gasteiger partial charge in [0.2, 0.25) is 0 Å². The van der Waals surface area contributed by atoms with Crippen molar-refractivity contribution < 1.29 is 5.11 Å². The molecule has 1 aromatic rings. The smallest absolute Gasteiger partial charge is 0.0914 e. The van der Waals surface area contributed by atoms with E-state index in [1.807, 2.05) is 24.3 Å². The highest BCUT2D eigenvalue weighted by Crippen LogP contribution is 2.37. The predicted octanol–water partition coefficient (Wildman–Crippen LogP) is 3.54. The fourth-order valence-electron chi connectivity index (χ4n) is 2.76. The second-order valence-corrected chi connectivity index (χ2v) is 6.35. The zero-order valence-electron chi connectivity index (χ0n) is 11.1. The Morgan fingerprint density at radius 1 is 1.39 bits per heavy atom. The molecule has 18 heavy (non-hydrogen) atoms. The first kappa shape index (κ1) is 13.9. The highest BCUT2D eigenvalue weighted by molar-refractivity contribution is 6.30. The molecule has 0 heterocycles. The number of benzene rings is 1. The first-order chi connectivity index (χ1) is 8.49. The number of nitrogens with one attached hydrogen (secondary N) is 1. The number of aliphatic hydroxyl groups excluding tert-OH is 1. The lowest BCUT2D eigenvalue weighted by molar-refractivity contribution is 0.158. The van der Waals surface area contributed by atoms with Gasteiger partial charge >= 0.3 is 0 Å². The Balaban J connectivity index is 1.88. The molecule has 100 valence electrons. The molecule has 1 aliphatic rings. The number of hydrogen-bond donors (Lipinski definition) is 2. The summed E-state index contributed by atoms with van der Waals surface area (Å²) in [6.45, 7) is 5.20. The average molecular weight is 268 g/mol. The summed E-state index contributed by atoms with van der Waals surface area (Å²) in [5.74, 6) is 0. The van der Waals surface area contributed by atoms with E-state index in [-0.39, 0.29) is 0 Å². The van der Waals surface area contributed by atoms with Gasteiger partial charge < -0.3 is 10.4 Å². The minimum atomic E-state index is -0.460. The highest BCUT2D eigenvalue weighted by Gasteiger charge is 2.34. The Labute approximate surface area is 114 Å². The van der Waals surface area contributed by atoms with Crippen LogP contribution in [0.3, 0.4) is 0 Å². The van der Waals surface area contributed by atoms with Gasteiger partial charge in [0.25, 0.3) is 0 Å². The molecule has 0 saturated heterocycles. The Bertz CT molecular complexity index is 388. The molecule has 2 rings (SSSR count). The summed E-state index contributed by atoms with van der Waals surface area (Å²) >= 11 is 5.84. The van der Waals surface area contributed by atoms with Crippen molar-refractivity contribution >= 4 is 11.6 Å². The van der Waals surface area contributed by atoms with Gasteiger partial charge in [0.05, 0.1) is 6.10 Å². The molecule has 2 unspecified atom stereocenters. The van der Waals surface area contributed by atoms with E-state index in [0.29, 0.717) is 23.0 Å². The van der Waals surface area contributed by atoms with E-state index in [4.69, 9.17) is 11.6 Å². The molecule has 2 N–H and O–H groups in total. The zero-order chi connectivity index (χ0) is 13.2. The van der Waals surface area contributed by atoms with Gasteiger partial charge in [-0.05, 0) is 36.0 Å². The second-order valence-electron chi connectivity index (χ2n) is 5.91. The maximum absolute atomic E-state index is 10.1. The molecular formula is C15H22ClNO. The average Bonchev–Trinajstić information content (AvgIpc) is 2.66. The molecule has 0 bridgehead atoms. The van der Waals surface area contributed by atoms with Crippen LogP contribution in [0.4, 0.5) is 0 Å². The van der Waals surface area contributed by atoms with Crippen LogP contribution in [0.1, 0.15) is 44.8 Å². The molecule has 0 spiro atoms. The van der Waals surface area contributed by atoms with E-state index in [9.17, 15) is 5.11 Å². The summed E-state index contributed by atoms with van der Waals surface area (Å²) in [7, 11) is 0. The van der Waals surface area contributed by atoms with Crippen LogP contribution >= 0.6 is 11.6 Å². The van der Waals surface area contributed by atoms with E-state index in [0.717, 1.165) is 5.56 Å². The second kappa shape index (κ2) is 5.60. The molecule has 1 aliphatic carbocycles. The third-order valence-electron chi connectivity index (χ3n) is 4.07. The van der Waals surface area contributed by atoms with Gasteiger partial charge in [0.1, 0.15) is 0 Å². The topological polar surface area (TPSA) is 32.3 Å². The molecule has 1 saturated carbocycles. The normalized spacial score (nSPS) is 24.1. The van der Waals surface area contributed by atoms with Crippen molar-refractivity contribution in [3.8, 4) is 0 Å². The van der Waals surface area contributed by atoms with Gasteiger partial charge in [-0.25, -0.2) is 0 Å². The largest absolute Gasteiger partial charge is 0.387 e. The Hall–Kier alpha value is -0.570. The first-order valence-electron chi connectivity index (χ1n) is 6.66. The lowest BCUT2D eigenvalue weighted by Gasteiger charge is -2.29. The molecule has 0 amide bonds. The highest BCUT2D eigenvalue weighted by atomic mass is 35.5. The van der Waals surface area contributed by atoms with Crippen molar-refractivity contribution in [3.05, 3.63) is 34.9 Å². The molecule has 0 radical (unpaired) electrons. The quantitative estimate of drug-likeness (QED) is 0.875. The van der Waals surface area contributed by atoms with E-state index < -0.39 is 6.10 Å². The van der Waals surface area contributed by atoms with Gasteiger partial charge in [0, 0.05) is 17.6 Å². The molecule has 2 nitrogen and oxygen atoms in total. The SMILES string of the molecule is CC1(C)CCCC1NCC(O)c1ccc(Cl)cc1. The van der Waals surface area contributed by atoms with E-state index in [1.54, 1.807) is 0 Å². The molecule has 3 heteroatoms. The van der Waals surface area contributed by atoms with Gasteiger partial charge in [-0.15, -0.1) is 0 Å². The number of rotatable bonds is 4. The van der Waals surface area contributed by atoms with Crippen molar-refractivity contribution in [2.24, 2.45) is 5.41 Å². The van der Waals surface area contributed by atoms with Gasteiger partial charge in [0.15, 0.2) is 0 Å². The van der Waals surface area contributed by atoms with E-state index >= 15 is 0 Å². The third kappa shape index (κ3) is 3.25. The molecule has 0 aliphatic heterocycles. The summed E-state index contributed by atoms with van der Waals surface area (Å²) in [4.78, 5) is 0. The van der Waals surface area contributed by atoms with Crippen LogP contribution in [0, 0.1) is 5.41 Å². The van der Waals surface area contributed by atoms with Crippen molar-refractivity contribution in [2.45, 2.75) is 45.3 Å². The fourth-order valence-corrected chi connectivity index (χ4v) is 2.89. The molecule has 0 aromatic heterocycles. The van der Waals surface area contributed by atoms with Gasteiger partial charge in [-0.1, -0.05) is 44.0 Å². The van der Waals surface area contributed by atoms with Crippen LogP contribution in [0.2, 0.25) is 5.02 Å². The van der Waals surface area contributed by atoms with Crippen molar-refractivity contribution in [1.29, 1.82) is 0 Å². The van der Waals surface area contributed by atoms with Crippen LogP contribution in [-0.4, -0.2) is 17.7 Å². The number of halogens is 1. The monoisotopic (exact) mass is 267 g/mol. The van der Waals surface area contributed by atoms with Crippen molar-refractivity contribution in [2.75, 3.05) is 6.54 Å². The minimum absolute atomic E-state index is 0.347. The van der Waals surface area contributed by atoms with E-state index in [2.05, 4.69) is 19.2 Å². The van der Waals surface area contributed by atoms with E-state index in [1.165, 1.54) is 19.3 Å². The summed E-state index contributed by atoms with van der Waals surface area (Å²) in [6.07, 6.45) is 3.29. The summed E-state index contributed by atoms with van der Waals surface area (Å²) in [6, 6.07) is 7.92. The molecule has 2 atom stereocenters. The molecular weight excluding hydrogens is 246 g/mol. The van der Waals surface area contributed by atoms with Crippen LogP contribution < -0.4 is 5.32 Å². The lowest BCUT2D eigenvalue weighted by atomic mass is 9.87.